The number of nitrogens with one attached hydrogen (secondary N) is 1. The number of benzene rings is 1. The molecule has 0 radical (unpaired) electrons. The second-order valence-corrected chi connectivity index (χ2v) is 5.75. The van der Waals surface area contributed by atoms with Crippen LogP contribution in [-0.2, 0) is 0 Å². The fourth-order valence-corrected chi connectivity index (χ4v) is 2.67. The zero-order valence-corrected chi connectivity index (χ0v) is 13.4. The summed E-state index contributed by atoms with van der Waals surface area (Å²) < 4.78 is 19.3. The third-order valence-electron chi connectivity index (χ3n) is 4.06. The highest BCUT2D eigenvalue weighted by Gasteiger charge is 2.24. The Labute approximate surface area is 134 Å². The van der Waals surface area contributed by atoms with Crippen molar-refractivity contribution in [2.24, 2.45) is 0 Å². The average Bonchev–Trinajstić information content (AvgIpc) is 2.51. The zero-order chi connectivity index (χ0) is 16.6. The molecule has 2 atom stereocenters. The van der Waals surface area contributed by atoms with E-state index >= 15 is 0 Å². The van der Waals surface area contributed by atoms with E-state index in [-0.39, 0.29) is 23.8 Å². The summed E-state index contributed by atoms with van der Waals surface area (Å²) in [4.78, 5) is 12.0. The van der Waals surface area contributed by atoms with Crippen molar-refractivity contribution >= 4 is 11.9 Å². The number of nitrogen functional groups attached to an aromatic ring is 1. The van der Waals surface area contributed by atoms with Gasteiger partial charge in [-0.15, -0.1) is 0 Å². The molecular formula is C16H20FN5O. The molecule has 1 aliphatic heterocycles. The smallest absolute Gasteiger partial charge is 0.228 e. The highest BCUT2D eigenvalue weighted by atomic mass is 19.1. The van der Waals surface area contributed by atoms with Crippen LogP contribution in [0.5, 0.6) is 5.75 Å². The Bertz CT molecular complexity index is 735. The lowest BCUT2D eigenvalue weighted by Crippen LogP contribution is -2.23. The molecule has 2 heterocycles. The van der Waals surface area contributed by atoms with Crippen molar-refractivity contribution in [1.82, 2.24) is 15.0 Å². The van der Waals surface area contributed by atoms with Gasteiger partial charge in [0.25, 0.3) is 0 Å². The summed E-state index contributed by atoms with van der Waals surface area (Å²) in [7, 11) is 0. The Morgan fingerprint density at radius 3 is 2.83 bits per heavy atom. The van der Waals surface area contributed by atoms with Gasteiger partial charge >= 0.3 is 0 Å². The van der Waals surface area contributed by atoms with Crippen LogP contribution in [0, 0.1) is 13.8 Å². The van der Waals surface area contributed by atoms with E-state index in [4.69, 9.17) is 10.5 Å². The van der Waals surface area contributed by atoms with Crippen molar-refractivity contribution in [2.75, 3.05) is 17.7 Å². The van der Waals surface area contributed by atoms with Crippen LogP contribution >= 0.6 is 0 Å². The lowest BCUT2D eigenvalue weighted by atomic mass is 9.95. The maximum absolute atomic E-state index is 13.5. The normalized spacial score (nSPS) is 18.0. The number of aromatic nitrogens is 3. The number of fused-ring (bicyclic) bond motifs is 1. The van der Waals surface area contributed by atoms with Crippen molar-refractivity contribution in [3.63, 3.8) is 0 Å². The maximum atomic E-state index is 13.5. The van der Waals surface area contributed by atoms with Gasteiger partial charge in [-0.05, 0) is 31.9 Å². The Hall–Kier alpha value is -2.44. The maximum Gasteiger partial charge on any atom is 0.228 e. The number of ether oxygens (including phenoxy) is 1. The molecule has 3 N–H and O–H groups in total. The van der Waals surface area contributed by atoms with Crippen LogP contribution < -0.4 is 15.8 Å². The van der Waals surface area contributed by atoms with Gasteiger partial charge in [-0.3, -0.25) is 0 Å². The molecule has 0 spiro atoms. The van der Waals surface area contributed by atoms with Crippen molar-refractivity contribution in [3.8, 4) is 5.75 Å². The molecule has 0 fully saturated rings. The fraction of sp³-hybridized carbons (Fsp3) is 0.438. The van der Waals surface area contributed by atoms with Gasteiger partial charge in [0.05, 0.1) is 12.6 Å². The fourth-order valence-electron chi connectivity index (χ4n) is 2.67. The van der Waals surface area contributed by atoms with Gasteiger partial charge in [0.1, 0.15) is 5.75 Å². The quantitative estimate of drug-likeness (QED) is 0.905. The van der Waals surface area contributed by atoms with Gasteiger partial charge in [-0.1, -0.05) is 12.1 Å². The third kappa shape index (κ3) is 3.04. The first kappa shape index (κ1) is 15.5. The number of aryl methyl sites for hydroxylation is 1. The van der Waals surface area contributed by atoms with Crippen molar-refractivity contribution in [2.45, 2.75) is 39.4 Å². The molecule has 0 bridgehead atoms. The lowest BCUT2D eigenvalue weighted by molar-refractivity contribution is 0.271. The minimum Gasteiger partial charge on any atom is -0.493 e. The third-order valence-corrected chi connectivity index (χ3v) is 4.06. The standard InChI is InChI=1S/C16H20FN5O/c1-8-4-5-11-12(6-7-23-13(11)9(8)2)19-16-21-14(10(3)17)20-15(18)22-16/h4-5,10,12H,6-7H2,1-3H3,(H3,18,19,20,21,22)/t10-,12-/m1/s1. The first-order valence-corrected chi connectivity index (χ1v) is 7.60. The summed E-state index contributed by atoms with van der Waals surface area (Å²) in [6, 6.07) is 4.09. The van der Waals surface area contributed by atoms with E-state index in [1.165, 1.54) is 12.5 Å². The van der Waals surface area contributed by atoms with Crippen LogP contribution in [0.4, 0.5) is 16.3 Å². The van der Waals surface area contributed by atoms with Crippen LogP contribution in [0.1, 0.15) is 48.1 Å². The predicted octanol–water partition coefficient (Wildman–Crippen LogP) is 3.04. The number of hydrogen-bond acceptors (Lipinski definition) is 6. The number of nitrogens with two attached hydrogens (primary N) is 1. The molecule has 1 aromatic carbocycles. The second-order valence-electron chi connectivity index (χ2n) is 5.75. The molecule has 23 heavy (non-hydrogen) atoms. The summed E-state index contributed by atoms with van der Waals surface area (Å²) >= 11 is 0. The van der Waals surface area contributed by atoms with Crippen LogP contribution in [0.15, 0.2) is 12.1 Å². The van der Waals surface area contributed by atoms with Gasteiger partial charge < -0.3 is 15.8 Å². The molecule has 0 aliphatic carbocycles. The van der Waals surface area contributed by atoms with E-state index in [2.05, 4.69) is 33.3 Å². The Balaban J connectivity index is 1.92. The van der Waals surface area contributed by atoms with E-state index < -0.39 is 6.17 Å². The molecule has 0 saturated carbocycles. The lowest BCUT2D eigenvalue weighted by Gasteiger charge is -2.28. The molecule has 1 aromatic heterocycles. The van der Waals surface area contributed by atoms with E-state index in [1.807, 2.05) is 13.0 Å². The number of alkyl halides is 1. The summed E-state index contributed by atoms with van der Waals surface area (Å²) in [5, 5.41) is 3.23. The minimum atomic E-state index is -1.30. The highest BCUT2D eigenvalue weighted by Crippen LogP contribution is 2.37. The molecule has 0 saturated heterocycles. The number of nitrogens with zero attached hydrogens (tertiary/aromatic N) is 3. The van der Waals surface area contributed by atoms with E-state index in [1.54, 1.807) is 0 Å². The first-order chi connectivity index (χ1) is 11.0. The Morgan fingerprint density at radius 1 is 1.30 bits per heavy atom. The van der Waals surface area contributed by atoms with Crippen LogP contribution in [0.3, 0.4) is 0 Å². The average molecular weight is 317 g/mol. The van der Waals surface area contributed by atoms with Gasteiger partial charge in [0, 0.05) is 12.0 Å². The van der Waals surface area contributed by atoms with Crippen LogP contribution in [0.2, 0.25) is 0 Å². The SMILES string of the molecule is Cc1ccc2c(c1C)OCC[C@H]2Nc1nc(N)nc([C@@H](C)F)n1. The van der Waals surface area contributed by atoms with Crippen molar-refractivity contribution in [1.29, 1.82) is 0 Å². The molecule has 2 aromatic rings. The van der Waals surface area contributed by atoms with E-state index in [0.717, 1.165) is 23.3 Å². The van der Waals surface area contributed by atoms with E-state index in [9.17, 15) is 4.39 Å². The van der Waals surface area contributed by atoms with Crippen molar-refractivity contribution in [3.05, 3.63) is 34.6 Å². The molecule has 122 valence electrons. The molecular weight excluding hydrogens is 297 g/mol. The molecule has 0 unspecified atom stereocenters. The highest BCUT2D eigenvalue weighted by molar-refractivity contribution is 5.50. The van der Waals surface area contributed by atoms with Gasteiger partial charge in [0.15, 0.2) is 12.0 Å². The predicted molar refractivity (Wildman–Crippen MR) is 86.2 cm³/mol. The first-order valence-electron chi connectivity index (χ1n) is 7.60. The Kier molecular flexibility index (Phi) is 4.02. The van der Waals surface area contributed by atoms with Gasteiger partial charge in [-0.25, -0.2) is 4.39 Å². The largest absolute Gasteiger partial charge is 0.493 e. The van der Waals surface area contributed by atoms with Gasteiger partial charge in [0.2, 0.25) is 11.9 Å². The van der Waals surface area contributed by atoms with Crippen LogP contribution in [0.25, 0.3) is 0 Å². The summed E-state index contributed by atoms with van der Waals surface area (Å²) in [6.45, 7) is 6.06. The number of anilines is 2. The minimum absolute atomic E-state index is 0.00868. The summed E-state index contributed by atoms with van der Waals surface area (Å²) in [5.74, 6) is 1.23. The molecule has 6 nitrogen and oxygen atoms in total. The number of rotatable bonds is 3. The molecule has 7 heteroatoms. The second kappa shape index (κ2) is 5.98. The summed E-state index contributed by atoms with van der Waals surface area (Å²) in [6.07, 6.45) is -0.533. The monoisotopic (exact) mass is 317 g/mol. The van der Waals surface area contributed by atoms with Gasteiger partial charge in [-0.2, -0.15) is 15.0 Å². The van der Waals surface area contributed by atoms with E-state index in [0.29, 0.717) is 6.61 Å². The number of hydrogen-bond donors (Lipinski definition) is 2. The Morgan fingerprint density at radius 2 is 2.09 bits per heavy atom. The van der Waals surface area contributed by atoms with Crippen LogP contribution in [-0.4, -0.2) is 21.6 Å². The molecule has 0 amide bonds. The topological polar surface area (TPSA) is 86.0 Å². The number of halogens is 1. The zero-order valence-electron chi connectivity index (χ0n) is 13.4. The molecule has 3 rings (SSSR count). The summed E-state index contributed by atoms with van der Waals surface area (Å²) in [5.41, 5.74) is 9.01. The van der Waals surface area contributed by atoms with Crippen molar-refractivity contribution < 1.29 is 9.13 Å². The molecule has 1 aliphatic rings.